The average molecular weight is 413 g/mol. The molecule has 0 saturated heterocycles. The van der Waals surface area contributed by atoms with Gasteiger partial charge in [0.1, 0.15) is 0 Å². The first kappa shape index (κ1) is 18.7. The Morgan fingerprint density at radius 1 is 0.920 bits per heavy atom. The van der Waals surface area contributed by atoms with E-state index >= 15 is 0 Å². The summed E-state index contributed by atoms with van der Waals surface area (Å²) in [6.45, 7) is 6.69. The molecule has 0 bridgehead atoms. The maximum atomic E-state index is 11.6. The minimum atomic E-state index is -0.487. The largest absolute Gasteiger partial charge is 0.390 e. The van der Waals surface area contributed by atoms with Crippen molar-refractivity contribution in [2.24, 2.45) is 40.9 Å². The summed E-state index contributed by atoms with van der Waals surface area (Å²) in [7, 11) is 0. The summed E-state index contributed by atoms with van der Waals surface area (Å²) in [5.74, 6) is 4.30. The van der Waals surface area contributed by atoms with Crippen LogP contribution in [-0.2, 0) is 0 Å². The van der Waals surface area contributed by atoms with Crippen molar-refractivity contribution in [2.75, 3.05) is 5.33 Å². The van der Waals surface area contributed by atoms with E-state index in [4.69, 9.17) is 0 Å². The van der Waals surface area contributed by atoms with Gasteiger partial charge in [-0.2, -0.15) is 0 Å². The first-order chi connectivity index (χ1) is 11.7. The van der Waals surface area contributed by atoms with E-state index in [1.54, 1.807) is 0 Å². The summed E-state index contributed by atoms with van der Waals surface area (Å²) in [6, 6.07) is 0. The van der Waals surface area contributed by atoms with Crippen LogP contribution in [0, 0.1) is 40.9 Å². The van der Waals surface area contributed by atoms with Gasteiger partial charge in [-0.3, -0.25) is 0 Å². The van der Waals surface area contributed by atoms with Gasteiger partial charge in [-0.25, -0.2) is 0 Å². The smallest absolute Gasteiger partial charge is 0.0737 e. The van der Waals surface area contributed by atoms with Gasteiger partial charge in [0.05, 0.1) is 11.2 Å². The second-order valence-electron chi connectivity index (χ2n) is 10.6. The van der Waals surface area contributed by atoms with Gasteiger partial charge in [0.15, 0.2) is 0 Å². The van der Waals surface area contributed by atoms with Crippen molar-refractivity contribution >= 4 is 15.9 Å². The highest BCUT2D eigenvalue weighted by atomic mass is 79.9. The van der Waals surface area contributed by atoms with Gasteiger partial charge < -0.3 is 10.2 Å². The molecule has 0 aliphatic heterocycles. The van der Waals surface area contributed by atoms with E-state index in [1.165, 1.54) is 38.5 Å². The molecule has 3 heteroatoms. The van der Waals surface area contributed by atoms with Crippen molar-refractivity contribution in [1.29, 1.82) is 0 Å². The number of fused-ring (bicyclic) bond motifs is 5. The Morgan fingerprint density at radius 3 is 2.36 bits per heavy atom. The van der Waals surface area contributed by atoms with Crippen LogP contribution in [0.15, 0.2) is 0 Å². The van der Waals surface area contributed by atoms with Gasteiger partial charge in [0, 0.05) is 5.33 Å². The summed E-state index contributed by atoms with van der Waals surface area (Å²) in [5.41, 5.74) is -0.802. The van der Waals surface area contributed by atoms with Crippen LogP contribution in [-0.4, -0.2) is 26.7 Å². The van der Waals surface area contributed by atoms with Crippen LogP contribution in [0.3, 0.4) is 0 Å². The predicted octanol–water partition coefficient (Wildman–Crippen LogP) is 5.15. The molecule has 0 aromatic heterocycles. The molecule has 4 saturated carbocycles. The molecule has 0 amide bonds. The molecule has 2 nitrogen and oxygen atoms in total. The molecule has 9 atom stereocenters. The maximum Gasteiger partial charge on any atom is 0.0737 e. The molecule has 0 heterocycles. The molecule has 0 radical (unpaired) electrons. The number of alkyl halides is 1. The van der Waals surface area contributed by atoms with Crippen LogP contribution in [0.4, 0.5) is 0 Å². The molecule has 144 valence electrons. The standard InChI is InChI=1S/C22H37BrO2/c1-14(13-23)22(25)11-8-19-18-5-4-15-12-20(2,24)9-6-16(15)17(18)7-10-21(19,22)3/h14-19,24-25H,4-13H2,1-3H3/t14?,15-,16+,17-,18-,19+,20-,21+,22+/m1/s1. The monoisotopic (exact) mass is 412 g/mol. The van der Waals surface area contributed by atoms with Crippen molar-refractivity contribution in [3.8, 4) is 0 Å². The van der Waals surface area contributed by atoms with Gasteiger partial charge in [-0.1, -0.05) is 29.8 Å². The van der Waals surface area contributed by atoms with Gasteiger partial charge in [0.25, 0.3) is 0 Å². The van der Waals surface area contributed by atoms with E-state index < -0.39 is 11.2 Å². The number of rotatable bonds is 2. The zero-order chi connectivity index (χ0) is 18.0. The van der Waals surface area contributed by atoms with Crippen molar-refractivity contribution in [1.82, 2.24) is 0 Å². The Hall–Kier alpha value is 0.400. The summed E-state index contributed by atoms with van der Waals surface area (Å²) >= 11 is 3.64. The fraction of sp³-hybridized carbons (Fsp3) is 1.00. The second kappa shape index (κ2) is 6.21. The molecular formula is C22H37BrO2. The molecule has 0 aromatic rings. The van der Waals surface area contributed by atoms with Crippen LogP contribution < -0.4 is 0 Å². The molecule has 25 heavy (non-hydrogen) atoms. The topological polar surface area (TPSA) is 40.5 Å². The van der Waals surface area contributed by atoms with Crippen LogP contribution in [0.2, 0.25) is 0 Å². The quantitative estimate of drug-likeness (QED) is 0.615. The summed E-state index contributed by atoms with van der Waals surface area (Å²) in [4.78, 5) is 0. The number of halogens is 1. The van der Waals surface area contributed by atoms with E-state index in [1.807, 2.05) is 6.92 Å². The molecule has 4 fully saturated rings. The Bertz CT molecular complexity index is 520. The highest BCUT2D eigenvalue weighted by Crippen LogP contribution is 2.67. The molecule has 2 N–H and O–H groups in total. The summed E-state index contributed by atoms with van der Waals surface area (Å²) in [5, 5.41) is 23.1. The van der Waals surface area contributed by atoms with Crippen LogP contribution >= 0.6 is 15.9 Å². The first-order valence-electron chi connectivity index (χ1n) is 10.7. The van der Waals surface area contributed by atoms with Gasteiger partial charge in [-0.15, -0.1) is 0 Å². The van der Waals surface area contributed by atoms with Crippen LogP contribution in [0.1, 0.15) is 78.6 Å². The summed E-state index contributed by atoms with van der Waals surface area (Å²) in [6.07, 6.45) is 10.6. The van der Waals surface area contributed by atoms with Crippen molar-refractivity contribution in [2.45, 2.75) is 89.8 Å². The van der Waals surface area contributed by atoms with Crippen LogP contribution in [0.5, 0.6) is 0 Å². The van der Waals surface area contributed by atoms with Crippen molar-refractivity contribution in [3.05, 3.63) is 0 Å². The average Bonchev–Trinajstić information content (AvgIpc) is 2.85. The molecule has 0 aromatic carbocycles. The summed E-state index contributed by atoms with van der Waals surface area (Å²) < 4.78 is 0. The van der Waals surface area contributed by atoms with Gasteiger partial charge >= 0.3 is 0 Å². The van der Waals surface area contributed by atoms with E-state index in [0.717, 1.165) is 48.3 Å². The first-order valence-corrected chi connectivity index (χ1v) is 11.8. The lowest BCUT2D eigenvalue weighted by Gasteiger charge is -2.58. The molecule has 4 aliphatic rings. The van der Waals surface area contributed by atoms with Crippen molar-refractivity contribution in [3.63, 3.8) is 0 Å². The second-order valence-corrected chi connectivity index (χ2v) is 11.3. The van der Waals surface area contributed by atoms with E-state index in [2.05, 4.69) is 29.8 Å². The number of hydrogen-bond acceptors (Lipinski definition) is 2. The Labute approximate surface area is 162 Å². The third kappa shape index (κ3) is 2.70. The van der Waals surface area contributed by atoms with Crippen molar-refractivity contribution < 1.29 is 10.2 Å². The van der Waals surface area contributed by atoms with Gasteiger partial charge in [0.2, 0.25) is 0 Å². The number of hydrogen-bond donors (Lipinski definition) is 2. The zero-order valence-corrected chi connectivity index (χ0v) is 17.9. The Morgan fingerprint density at radius 2 is 1.64 bits per heavy atom. The minimum absolute atomic E-state index is 0.106. The molecule has 4 rings (SSSR count). The molecular weight excluding hydrogens is 376 g/mol. The number of aliphatic hydroxyl groups is 2. The maximum absolute atomic E-state index is 11.6. The third-order valence-electron chi connectivity index (χ3n) is 9.50. The molecule has 0 spiro atoms. The lowest BCUT2D eigenvalue weighted by molar-refractivity contribution is -0.155. The van der Waals surface area contributed by atoms with Crippen LogP contribution in [0.25, 0.3) is 0 Å². The Balaban J connectivity index is 1.57. The Kier molecular flexibility index (Phi) is 4.65. The third-order valence-corrected chi connectivity index (χ3v) is 10.5. The normalized spacial score (nSPS) is 56.6. The van der Waals surface area contributed by atoms with E-state index in [-0.39, 0.29) is 5.41 Å². The minimum Gasteiger partial charge on any atom is -0.390 e. The molecule has 4 aliphatic carbocycles. The van der Waals surface area contributed by atoms with Gasteiger partial charge in [-0.05, 0) is 106 Å². The zero-order valence-electron chi connectivity index (χ0n) is 16.3. The SMILES string of the molecule is CC(CBr)[C@@]1(O)CC[C@H]2[C@@H]3CC[C@@H]4C[C@](C)(O)CC[C@@H]4[C@H]3CC[C@@]21C. The highest BCUT2D eigenvalue weighted by molar-refractivity contribution is 9.09. The highest BCUT2D eigenvalue weighted by Gasteiger charge is 2.64. The predicted molar refractivity (Wildman–Crippen MR) is 106 cm³/mol. The molecule has 1 unspecified atom stereocenters. The lowest BCUT2D eigenvalue weighted by Crippen LogP contribution is -2.56. The fourth-order valence-electron chi connectivity index (χ4n) is 8.07. The fourth-order valence-corrected chi connectivity index (χ4v) is 8.61. The van der Waals surface area contributed by atoms with E-state index in [9.17, 15) is 10.2 Å². The lowest BCUT2D eigenvalue weighted by atomic mass is 9.48. The van der Waals surface area contributed by atoms with E-state index in [0.29, 0.717) is 11.8 Å².